The van der Waals surface area contributed by atoms with Crippen LogP contribution in [0.1, 0.15) is 45.4 Å². The van der Waals surface area contributed by atoms with Gasteiger partial charge in [0.15, 0.2) is 0 Å². The van der Waals surface area contributed by atoms with Gasteiger partial charge < -0.3 is 15.2 Å². The van der Waals surface area contributed by atoms with Crippen molar-refractivity contribution in [2.75, 3.05) is 13.7 Å². The molecule has 0 aromatic heterocycles. The van der Waals surface area contributed by atoms with Gasteiger partial charge in [-0.25, -0.2) is 0 Å². The number of aliphatic hydroxyl groups excluding tert-OH is 1. The molecule has 3 unspecified atom stereocenters. The van der Waals surface area contributed by atoms with E-state index in [4.69, 9.17) is 9.84 Å². The van der Waals surface area contributed by atoms with Crippen LogP contribution in [0, 0.1) is 0 Å². The quantitative estimate of drug-likeness (QED) is 0.708. The average molecular weight is 215 g/mol. The third-order valence-corrected chi connectivity index (χ3v) is 3.43. The molecule has 2 N–H and O–H groups in total. The molecule has 1 rings (SSSR count). The first-order valence-electron chi connectivity index (χ1n) is 6.21. The summed E-state index contributed by atoms with van der Waals surface area (Å²) in [4.78, 5) is 0. The second-order valence-electron chi connectivity index (χ2n) is 4.45. The van der Waals surface area contributed by atoms with E-state index in [1.165, 1.54) is 25.7 Å². The fraction of sp³-hybridized carbons (Fsp3) is 1.00. The van der Waals surface area contributed by atoms with Crippen molar-refractivity contribution in [2.45, 2.75) is 63.6 Å². The number of ether oxygens (including phenoxy) is 1. The lowest BCUT2D eigenvalue weighted by Crippen LogP contribution is -2.47. The van der Waals surface area contributed by atoms with Crippen molar-refractivity contribution in [1.82, 2.24) is 5.32 Å². The summed E-state index contributed by atoms with van der Waals surface area (Å²) in [6, 6.07) is 0.927. The third kappa shape index (κ3) is 4.09. The molecular weight excluding hydrogens is 190 g/mol. The van der Waals surface area contributed by atoms with Gasteiger partial charge in [0.1, 0.15) is 0 Å². The smallest absolute Gasteiger partial charge is 0.0724 e. The van der Waals surface area contributed by atoms with Crippen molar-refractivity contribution >= 4 is 0 Å². The topological polar surface area (TPSA) is 41.5 Å². The van der Waals surface area contributed by atoms with E-state index in [0.29, 0.717) is 18.2 Å². The van der Waals surface area contributed by atoms with E-state index in [1.807, 2.05) is 0 Å². The Morgan fingerprint density at radius 2 is 2.13 bits per heavy atom. The number of methoxy groups -OCH3 is 1. The molecule has 1 fully saturated rings. The SMILES string of the molecule is CCC(CCO)NC1CCCCC1OC. The zero-order valence-corrected chi connectivity index (χ0v) is 10.0. The summed E-state index contributed by atoms with van der Waals surface area (Å²) in [5.41, 5.74) is 0. The van der Waals surface area contributed by atoms with E-state index in [-0.39, 0.29) is 6.61 Å². The van der Waals surface area contributed by atoms with Crippen LogP contribution in [-0.2, 0) is 4.74 Å². The molecule has 1 saturated carbocycles. The number of rotatable bonds is 6. The highest BCUT2D eigenvalue weighted by atomic mass is 16.5. The van der Waals surface area contributed by atoms with Crippen LogP contribution in [0.4, 0.5) is 0 Å². The summed E-state index contributed by atoms with van der Waals surface area (Å²) in [5, 5.41) is 12.6. The molecule has 0 spiro atoms. The van der Waals surface area contributed by atoms with E-state index >= 15 is 0 Å². The van der Waals surface area contributed by atoms with Gasteiger partial charge in [0.2, 0.25) is 0 Å². The molecule has 0 radical (unpaired) electrons. The molecule has 0 aromatic rings. The fourth-order valence-electron chi connectivity index (χ4n) is 2.43. The van der Waals surface area contributed by atoms with Crippen molar-refractivity contribution in [3.63, 3.8) is 0 Å². The average Bonchev–Trinajstić information content (AvgIpc) is 2.29. The highest BCUT2D eigenvalue weighted by Gasteiger charge is 2.26. The Balaban J connectivity index is 2.38. The first kappa shape index (κ1) is 12.9. The normalized spacial score (nSPS) is 29.0. The van der Waals surface area contributed by atoms with Gasteiger partial charge in [0.25, 0.3) is 0 Å². The number of aliphatic hydroxyl groups is 1. The van der Waals surface area contributed by atoms with Crippen molar-refractivity contribution in [1.29, 1.82) is 0 Å². The van der Waals surface area contributed by atoms with Crippen LogP contribution in [0.5, 0.6) is 0 Å². The summed E-state index contributed by atoms with van der Waals surface area (Å²) >= 11 is 0. The molecule has 3 heteroatoms. The number of nitrogens with one attached hydrogen (secondary N) is 1. The molecule has 0 aromatic carbocycles. The molecule has 0 amide bonds. The number of hydrogen-bond acceptors (Lipinski definition) is 3. The van der Waals surface area contributed by atoms with Crippen LogP contribution in [-0.4, -0.2) is 37.0 Å². The molecular formula is C12H25NO2. The van der Waals surface area contributed by atoms with Gasteiger partial charge in [0, 0.05) is 25.8 Å². The first-order chi connectivity index (χ1) is 7.31. The summed E-state index contributed by atoms with van der Waals surface area (Å²) in [6.07, 6.45) is 7.26. The molecule has 0 aliphatic heterocycles. The molecule has 15 heavy (non-hydrogen) atoms. The van der Waals surface area contributed by atoms with Crippen LogP contribution in [0.25, 0.3) is 0 Å². The fourth-order valence-corrected chi connectivity index (χ4v) is 2.43. The predicted molar refractivity (Wildman–Crippen MR) is 62.0 cm³/mol. The van der Waals surface area contributed by atoms with Crippen LogP contribution in [0.3, 0.4) is 0 Å². The summed E-state index contributed by atoms with van der Waals surface area (Å²) in [5.74, 6) is 0. The van der Waals surface area contributed by atoms with E-state index in [2.05, 4.69) is 12.2 Å². The highest BCUT2D eigenvalue weighted by molar-refractivity contribution is 4.84. The molecule has 3 atom stereocenters. The van der Waals surface area contributed by atoms with Crippen molar-refractivity contribution < 1.29 is 9.84 Å². The zero-order chi connectivity index (χ0) is 11.1. The zero-order valence-electron chi connectivity index (χ0n) is 10.0. The Bertz CT molecular complexity index is 164. The predicted octanol–water partition coefficient (Wildman–Crippen LogP) is 1.69. The molecule has 1 aliphatic rings. The Labute approximate surface area is 93.2 Å². The Morgan fingerprint density at radius 1 is 1.40 bits per heavy atom. The highest BCUT2D eigenvalue weighted by Crippen LogP contribution is 2.21. The first-order valence-corrected chi connectivity index (χ1v) is 6.21. The summed E-state index contributed by atoms with van der Waals surface area (Å²) < 4.78 is 5.50. The second-order valence-corrected chi connectivity index (χ2v) is 4.45. The van der Waals surface area contributed by atoms with Crippen LogP contribution in [0.2, 0.25) is 0 Å². The molecule has 3 nitrogen and oxygen atoms in total. The van der Waals surface area contributed by atoms with E-state index in [1.54, 1.807) is 7.11 Å². The molecule has 0 saturated heterocycles. The van der Waals surface area contributed by atoms with Crippen molar-refractivity contribution in [2.24, 2.45) is 0 Å². The van der Waals surface area contributed by atoms with Crippen LogP contribution >= 0.6 is 0 Å². The Hall–Kier alpha value is -0.120. The van der Waals surface area contributed by atoms with Gasteiger partial charge in [-0.2, -0.15) is 0 Å². The van der Waals surface area contributed by atoms with Gasteiger partial charge >= 0.3 is 0 Å². The molecule has 90 valence electrons. The van der Waals surface area contributed by atoms with Gasteiger partial charge in [-0.15, -0.1) is 0 Å². The van der Waals surface area contributed by atoms with Gasteiger partial charge in [-0.05, 0) is 25.7 Å². The lowest BCUT2D eigenvalue weighted by Gasteiger charge is -2.34. The maximum absolute atomic E-state index is 8.95. The number of hydrogen-bond donors (Lipinski definition) is 2. The van der Waals surface area contributed by atoms with Crippen molar-refractivity contribution in [3.05, 3.63) is 0 Å². The van der Waals surface area contributed by atoms with Crippen LogP contribution < -0.4 is 5.32 Å². The Kier molecular flexibility index (Phi) is 6.22. The second kappa shape index (κ2) is 7.20. The van der Waals surface area contributed by atoms with E-state index in [9.17, 15) is 0 Å². The largest absolute Gasteiger partial charge is 0.396 e. The monoisotopic (exact) mass is 215 g/mol. The minimum atomic E-state index is 0.274. The van der Waals surface area contributed by atoms with Gasteiger partial charge in [0.05, 0.1) is 6.10 Å². The van der Waals surface area contributed by atoms with E-state index in [0.717, 1.165) is 12.8 Å². The minimum Gasteiger partial charge on any atom is -0.396 e. The lowest BCUT2D eigenvalue weighted by atomic mass is 9.91. The Morgan fingerprint density at radius 3 is 2.73 bits per heavy atom. The third-order valence-electron chi connectivity index (χ3n) is 3.43. The summed E-state index contributed by atoms with van der Waals surface area (Å²) in [7, 11) is 1.80. The minimum absolute atomic E-state index is 0.274. The molecule has 0 bridgehead atoms. The van der Waals surface area contributed by atoms with Gasteiger partial charge in [-0.1, -0.05) is 19.8 Å². The van der Waals surface area contributed by atoms with Crippen molar-refractivity contribution in [3.8, 4) is 0 Å². The van der Waals surface area contributed by atoms with Gasteiger partial charge in [-0.3, -0.25) is 0 Å². The maximum atomic E-state index is 8.95. The lowest BCUT2D eigenvalue weighted by molar-refractivity contribution is 0.0362. The molecule has 1 aliphatic carbocycles. The standard InChI is InChI=1S/C12H25NO2/c1-3-10(8-9-14)13-11-6-4-5-7-12(11)15-2/h10-14H,3-9H2,1-2H3. The maximum Gasteiger partial charge on any atom is 0.0724 e. The molecule has 0 heterocycles. The summed E-state index contributed by atoms with van der Waals surface area (Å²) in [6.45, 7) is 2.44. The van der Waals surface area contributed by atoms with Crippen LogP contribution in [0.15, 0.2) is 0 Å². The van der Waals surface area contributed by atoms with E-state index < -0.39 is 0 Å².